The van der Waals surface area contributed by atoms with Crippen LogP contribution in [0.25, 0.3) is 0 Å². The SMILES string of the molecule is N#CCNS(=O)(=O)c1cc(C(=O)O)ccc1F. The minimum Gasteiger partial charge on any atom is -0.478 e. The first-order valence-electron chi connectivity index (χ1n) is 4.28. The van der Waals surface area contributed by atoms with Gasteiger partial charge < -0.3 is 5.11 Å². The molecule has 0 aromatic heterocycles. The summed E-state index contributed by atoms with van der Waals surface area (Å²) in [5, 5.41) is 16.9. The summed E-state index contributed by atoms with van der Waals surface area (Å²) in [6, 6.07) is 3.90. The number of benzene rings is 1. The van der Waals surface area contributed by atoms with E-state index < -0.39 is 33.3 Å². The average Bonchev–Trinajstić information content (AvgIpc) is 2.26. The van der Waals surface area contributed by atoms with Gasteiger partial charge >= 0.3 is 5.97 Å². The van der Waals surface area contributed by atoms with Gasteiger partial charge in [0, 0.05) is 0 Å². The van der Waals surface area contributed by atoms with Crippen molar-refractivity contribution in [1.82, 2.24) is 4.72 Å². The Morgan fingerprint density at radius 1 is 1.53 bits per heavy atom. The Morgan fingerprint density at radius 2 is 2.18 bits per heavy atom. The summed E-state index contributed by atoms with van der Waals surface area (Å²) in [4.78, 5) is 9.82. The third-order valence-corrected chi connectivity index (χ3v) is 3.23. The minimum absolute atomic E-state index is 0.358. The number of hydrogen-bond acceptors (Lipinski definition) is 4. The summed E-state index contributed by atoms with van der Waals surface area (Å²) in [6.45, 7) is -0.529. The Kier molecular flexibility index (Phi) is 3.77. The molecule has 1 rings (SSSR count). The van der Waals surface area contributed by atoms with Crippen molar-refractivity contribution in [3.8, 4) is 6.07 Å². The Morgan fingerprint density at radius 3 is 2.71 bits per heavy atom. The number of carboxylic acid groups (broad SMARTS) is 1. The van der Waals surface area contributed by atoms with E-state index in [1.54, 1.807) is 0 Å². The number of carboxylic acids is 1. The molecule has 6 nitrogen and oxygen atoms in total. The highest BCUT2D eigenvalue weighted by molar-refractivity contribution is 7.89. The zero-order valence-electron chi connectivity index (χ0n) is 8.34. The van der Waals surface area contributed by atoms with Crippen molar-refractivity contribution < 1.29 is 22.7 Å². The number of sulfonamides is 1. The second-order valence-electron chi connectivity index (χ2n) is 2.93. The van der Waals surface area contributed by atoms with Crippen molar-refractivity contribution >= 4 is 16.0 Å². The molecule has 0 unspecified atom stereocenters. The number of aromatic carboxylic acids is 1. The van der Waals surface area contributed by atoms with Gasteiger partial charge in [-0.1, -0.05) is 0 Å². The second-order valence-corrected chi connectivity index (χ2v) is 4.67. The molecule has 2 N–H and O–H groups in total. The molecule has 0 saturated carbocycles. The van der Waals surface area contributed by atoms with Gasteiger partial charge in [0.1, 0.15) is 10.7 Å². The van der Waals surface area contributed by atoms with Crippen molar-refractivity contribution in [3.63, 3.8) is 0 Å². The first-order chi connectivity index (χ1) is 7.88. The van der Waals surface area contributed by atoms with Crippen LogP contribution in [-0.4, -0.2) is 26.0 Å². The van der Waals surface area contributed by atoms with Crippen molar-refractivity contribution in [1.29, 1.82) is 5.26 Å². The van der Waals surface area contributed by atoms with Gasteiger partial charge in [-0.2, -0.15) is 9.98 Å². The topological polar surface area (TPSA) is 107 Å². The lowest BCUT2D eigenvalue weighted by atomic mass is 10.2. The Labute approximate surface area is 96.4 Å². The Bertz CT molecular complexity index is 592. The van der Waals surface area contributed by atoms with Crippen LogP contribution < -0.4 is 4.72 Å². The molecule has 0 aliphatic carbocycles. The van der Waals surface area contributed by atoms with Crippen LogP contribution in [0.4, 0.5) is 4.39 Å². The third kappa shape index (κ3) is 2.99. The molecule has 0 spiro atoms. The first-order valence-corrected chi connectivity index (χ1v) is 5.76. The normalized spacial score (nSPS) is 10.8. The third-order valence-electron chi connectivity index (χ3n) is 1.81. The summed E-state index contributed by atoms with van der Waals surface area (Å²) in [5.74, 6) is -2.46. The maximum atomic E-state index is 13.3. The van der Waals surface area contributed by atoms with Gasteiger partial charge in [-0.25, -0.2) is 17.6 Å². The van der Waals surface area contributed by atoms with Crippen LogP contribution in [0.1, 0.15) is 10.4 Å². The molecule has 0 amide bonds. The number of nitriles is 1. The monoisotopic (exact) mass is 258 g/mol. The molecule has 1 aromatic carbocycles. The zero-order valence-corrected chi connectivity index (χ0v) is 9.16. The molecule has 0 saturated heterocycles. The van der Waals surface area contributed by atoms with Crippen molar-refractivity contribution in [2.24, 2.45) is 0 Å². The average molecular weight is 258 g/mol. The summed E-state index contributed by atoms with van der Waals surface area (Å²) in [5.41, 5.74) is -0.358. The standard InChI is InChI=1S/C9H7FN2O4S/c10-7-2-1-6(9(13)14)5-8(7)17(15,16)12-4-3-11/h1-2,5,12H,4H2,(H,13,14). The number of carbonyl (C=O) groups is 1. The molecule has 17 heavy (non-hydrogen) atoms. The van der Waals surface area contributed by atoms with Gasteiger partial charge in [0.2, 0.25) is 10.0 Å². The van der Waals surface area contributed by atoms with Crippen LogP contribution in [0.5, 0.6) is 0 Å². The fourth-order valence-electron chi connectivity index (χ4n) is 1.05. The predicted molar refractivity (Wildman–Crippen MR) is 54.2 cm³/mol. The van der Waals surface area contributed by atoms with Crippen molar-refractivity contribution in [2.45, 2.75) is 4.90 Å². The number of nitrogens with one attached hydrogen (secondary N) is 1. The maximum Gasteiger partial charge on any atom is 0.335 e. The fraction of sp³-hybridized carbons (Fsp3) is 0.111. The van der Waals surface area contributed by atoms with Gasteiger partial charge in [-0.3, -0.25) is 0 Å². The molecule has 0 aliphatic heterocycles. The van der Waals surface area contributed by atoms with E-state index >= 15 is 0 Å². The molecular weight excluding hydrogens is 251 g/mol. The van der Waals surface area contributed by atoms with Crippen LogP contribution in [-0.2, 0) is 10.0 Å². The van der Waals surface area contributed by atoms with Gasteiger partial charge in [0.15, 0.2) is 0 Å². The van der Waals surface area contributed by atoms with Gasteiger partial charge in [0.25, 0.3) is 0 Å². The summed E-state index contributed by atoms with van der Waals surface area (Å²) >= 11 is 0. The number of hydrogen-bond donors (Lipinski definition) is 2. The van der Waals surface area contributed by atoms with Crippen LogP contribution in [0, 0.1) is 17.1 Å². The lowest BCUT2D eigenvalue weighted by Crippen LogP contribution is -2.25. The van der Waals surface area contributed by atoms with Crippen LogP contribution in [0.2, 0.25) is 0 Å². The molecule has 0 radical (unpaired) electrons. The van der Waals surface area contributed by atoms with Gasteiger partial charge in [-0.05, 0) is 18.2 Å². The molecular formula is C9H7FN2O4S. The maximum absolute atomic E-state index is 13.3. The van der Waals surface area contributed by atoms with E-state index in [1.165, 1.54) is 6.07 Å². The van der Waals surface area contributed by atoms with Crippen molar-refractivity contribution in [2.75, 3.05) is 6.54 Å². The van der Waals surface area contributed by atoms with E-state index in [-0.39, 0.29) is 5.56 Å². The van der Waals surface area contributed by atoms with E-state index in [2.05, 4.69) is 0 Å². The Balaban J connectivity index is 3.26. The fourth-order valence-corrected chi connectivity index (χ4v) is 2.06. The molecule has 1 aromatic rings. The lowest BCUT2D eigenvalue weighted by molar-refractivity contribution is 0.0696. The molecule has 90 valence electrons. The molecule has 0 fully saturated rings. The minimum atomic E-state index is -4.22. The van der Waals surface area contributed by atoms with Gasteiger partial charge in [0.05, 0.1) is 18.2 Å². The van der Waals surface area contributed by atoms with E-state index in [0.717, 1.165) is 12.1 Å². The van der Waals surface area contributed by atoms with Crippen molar-refractivity contribution in [3.05, 3.63) is 29.6 Å². The number of nitrogens with zero attached hydrogens (tertiary/aromatic N) is 1. The number of halogens is 1. The summed E-state index contributed by atoms with van der Waals surface area (Å²) in [7, 11) is -4.22. The highest BCUT2D eigenvalue weighted by Gasteiger charge is 2.20. The van der Waals surface area contributed by atoms with Crippen LogP contribution >= 0.6 is 0 Å². The van der Waals surface area contributed by atoms with Crippen LogP contribution in [0.15, 0.2) is 23.1 Å². The second kappa shape index (κ2) is 4.90. The molecule has 8 heteroatoms. The summed E-state index contributed by atoms with van der Waals surface area (Å²) in [6.07, 6.45) is 0. The van der Waals surface area contributed by atoms with E-state index in [0.29, 0.717) is 6.07 Å². The summed E-state index contributed by atoms with van der Waals surface area (Å²) < 4.78 is 38.1. The predicted octanol–water partition coefficient (Wildman–Crippen LogP) is 0.326. The van der Waals surface area contributed by atoms with Crippen LogP contribution in [0.3, 0.4) is 0 Å². The largest absolute Gasteiger partial charge is 0.478 e. The lowest BCUT2D eigenvalue weighted by Gasteiger charge is -2.05. The van der Waals surface area contributed by atoms with E-state index in [9.17, 15) is 17.6 Å². The quantitative estimate of drug-likeness (QED) is 0.756. The highest BCUT2D eigenvalue weighted by Crippen LogP contribution is 2.16. The first kappa shape index (κ1) is 13.1. The highest BCUT2D eigenvalue weighted by atomic mass is 32.2. The number of rotatable bonds is 4. The van der Waals surface area contributed by atoms with Gasteiger partial charge in [-0.15, -0.1) is 0 Å². The molecule has 0 aliphatic rings. The van der Waals surface area contributed by atoms with E-state index in [4.69, 9.17) is 10.4 Å². The van der Waals surface area contributed by atoms with E-state index in [1.807, 2.05) is 4.72 Å². The smallest absolute Gasteiger partial charge is 0.335 e. The zero-order chi connectivity index (χ0) is 13.1. The molecule has 0 heterocycles. The molecule has 0 bridgehead atoms. The molecule has 0 atom stereocenters. The Hall–Kier alpha value is -1.98.